The Morgan fingerprint density at radius 1 is 1.14 bits per heavy atom. The van der Waals surface area contributed by atoms with Gasteiger partial charge in [-0.2, -0.15) is 0 Å². The van der Waals surface area contributed by atoms with E-state index in [-0.39, 0.29) is 11.9 Å². The first-order valence-corrected chi connectivity index (χ1v) is 7.39. The van der Waals surface area contributed by atoms with Crippen molar-refractivity contribution >= 4 is 12.0 Å². The molecule has 1 aromatic rings. The van der Waals surface area contributed by atoms with Crippen LogP contribution in [0.4, 0.5) is 4.79 Å². The summed E-state index contributed by atoms with van der Waals surface area (Å²) in [5, 5.41) is 9.17. The summed E-state index contributed by atoms with van der Waals surface area (Å²) in [6.45, 7) is 4.09. The van der Waals surface area contributed by atoms with Gasteiger partial charge >= 0.3 is 12.0 Å². The van der Waals surface area contributed by atoms with E-state index in [0.29, 0.717) is 26.2 Å². The van der Waals surface area contributed by atoms with Gasteiger partial charge < -0.3 is 14.9 Å². The van der Waals surface area contributed by atoms with Crippen molar-refractivity contribution in [3.05, 3.63) is 35.4 Å². The predicted octanol–water partition coefficient (Wildman–Crippen LogP) is 1.82. The van der Waals surface area contributed by atoms with E-state index in [9.17, 15) is 14.7 Å². The molecule has 2 atom stereocenters. The zero-order chi connectivity index (χ0) is 15.0. The average molecular weight is 288 g/mol. The number of nitrogens with zero attached hydrogens (tertiary/aromatic N) is 2. The van der Waals surface area contributed by atoms with Crippen molar-refractivity contribution in [2.45, 2.75) is 19.9 Å². The van der Waals surface area contributed by atoms with Crippen molar-refractivity contribution in [3.63, 3.8) is 0 Å². The highest BCUT2D eigenvalue weighted by atomic mass is 16.4. The quantitative estimate of drug-likeness (QED) is 0.857. The van der Waals surface area contributed by atoms with Crippen molar-refractivity contribution < 1.29 is 14.7 Å². The van der Waals surface area contributed by atoms with Crippen LogP contribution in [-0.2, 0) is 17.8 Å². The number of rotatable bonds is 1. The third-order valence-electron chi connectivity index (χ3n) is 4.60. The summed E-state index contributed by atoms with van der Waals surface area (Å²) in [7, 11) is 0. The Balaban J connectivity index is 1.69. The maximum absolute atomic E-state index is 12.6. The van der Waals surface area contributed by atoms with Crippen LogP contribution in [0, 0.1) is 11.8 Å². The van der Waals surface area contributed by atoms with Crippen LogP contribution in [0.3, 0.4) is 0 Å². The third-order valence-corrected chi connectivity index (χ3v) is 4.60. The number of fused-ring (bicyclic) bond motifs is 1. The lowest BCUT2D eigenvalue weighted by Crippen LogP contribution is -2.44. The van der Waals surface area contributed by atoms with Crippen LogP contribution in [0.25, 0.3) is 0 Å². The Morgan fingerprint density at radius 3 is 2.52 bits per heavy atom. The molecule has 1 N–H and O–H groups in total. The highest BCUT2D eigenvalue weighted by Gasteiger charge is 2.38. The van der Waals surface area contributed by atoms with E-state index in [1.807, 2.05) is 24.0 Å². The number of urea groups is 1. The Hall–Kier alpha value is -2.04. The normalized spacial score (nSPS) is 24.8. The van der Waals surface area contributed by atoms with Gasteiger partial charge in [-0.3, -0.25) is 4.79 Å². The van der Waals surface area contributed by atoms with Gasteiger partial charge in [-0.05, 0) is 23.5 Å². The van der Waals surface area contributed by atoms with Crippen LogP contribution in [0.5, 0.6) is 0 Å². The fraction of sp³-hybridized carbons (Fsp3) is 0.500. The summed E-state index contributed by atoms with van der Waals surface area (Å²) >= 11 is 0. The molecule has 2 heterocycles. The van der Waals surface area contributed by atoms with Crippen LogP contribution < -0.4 is 0 Å². The zero-order valence-electron chi connectivity index (χ0n) is 12.2. The summed E-state index contributed by atoms with van der Waals surface area (Å²) in [6.07, 6.45) is 0.869. The highest BCUT2D eigenvalue weighted by Crippen LogP contribution is 2.26. The molecule has 5 heteroatoms. The minimum Gasteiger partial charge on any atom is -0.481 e. The topological polar surface area (TPSA) is 60.9 Å². The maximum Gasteiger partial charge on any atom is 0.320 e. The van der Waals surface area contributed by atoms with Gasteiger partial charge in [0.1, 0.15) is 0 Å². The molecular formula is C16H20N2O3. The second kappa shape index (κ2) is 5.39. The SMILES string of the molecule is C[C@@H]1CN(C(=O)N2CCc3ccccc3C2)C[C@H]1C(=O)O. The molecule has 5 nitrogen and oxygen atoms in total. The lowest BCUT2D eigenvalue weighted by molar-refractivity contribution is -0.142. The molecule has 0 radical (unpaired) electrons. The second-order valence-electron chi connectivity index (χ2n) is 6.05. The van der Waals surface area contributed by atoms with Gasteiger partial charge in [0.25, 0.3) is 0 Å². The van der Waals surface area contributed by atoms with E-state index in [1.54, 1.807) is 4.90 Å². The van der Waals surface area contributed by atoms with E-state index >= 15 is 0 Å². The molecule has 2 aliphatic rings. The fourth-order valence-corrected chi connectivity index (χ4v) is 3.30. The molecule has 0 unspecified atom stereocenters. The van der Waals surface area contributed by atoms with Crippen LogP contribution in [0.2, 0.25) is 0 Å². The van der Waals surface area contributed by atoms with Gasteiger partial charge in [0.2, 0.25) is 0 Å². The van der Waals surface area contributed by atoms with Crippen LogP contribution >= 0.6 is 0 Å². The van der Waals surface area contributed by atoms with Gasteiger partial charge in [-0.1, -0.05) is 31.2 Å². The van der Waals surface area contributed by atoms with Gasteiger partial charge in [0, 0.05) is 26.2 Å². The summed E-state index contributed by atoms with van der Waals surface area (Å²) in [5.74, 6) is -1.23. The molecule has 3 rings (SSSR count). The Kier molecular flexibility index (Phi) is 3.57. The molecule has 2 amide bonds. The predicted molar refractivity (Wildman–Crippen MR) is 77.8 cm³/mol. The second-order valence-corrected chi connectivity index (χ2v) is 6.05. The van der Waals surface area contributed by atoms with Gasteiger partial charge in [-0.15, -0.1) is 0 Å². The lowest BCUT2D eigenvalue weighted by atomic mass is 9.99. The largest absolute Gasteiger partial charge is 0.481 e. The molecule has 1 fully saturated rings. The zero-order valence-corrected chi connectivity index (χ0v) is 12.2. The monoisotopic (exact) mass is 288 g/mol. The van der Waals surface area contributed by atoms with Gasteiger partial charge in [-0.25, -0.2) is 4.79 Å². The van der Waals surface area contributed by atoms with Crippen molar-refractivity contribution in [1.82, 2.24) is 9.80 Å². The van der Waals surface area contributed by atoms with Crippen molar-refractivity contribution in [2.75, 3.05) is 19.6 Å². The maximum atomic E-state index is 12.6. The van der Waals surface area contributed by atoms with Gasteiger partial charge in [0.05, 0.1) is 5.92 Å². The minimum absolute atomic E-state index is 0.0172. The molecule has 1 aromatic carbocycles. The van der Waals surface area contributed by atoms with Crippen LogP contribution in [-0.4, -0.2) is 46.5 Å². The molecule has 21 heavy (non-hydrogen) atoms. The van der Waals surface area contributed by atoms with Gasteiger partial charge in [0.15, 0.2) is 0 Å². The van der Waals surface area contributed by atoms with E-state index < -0.39 is 11.9 Å². The standard InChI is InChI=1S/C16H20N2O3/c1-11-8-18(10-14(11)15(19)20)16(21)17-7-6-12-4-2-3-5-13(12)9-17/h2-5,11,14H,6-10H2,1H3,(H,19,20)/t11-,14-/m1/s1. The number of carboxylic acid groups (broad SMARTS) is 1. The van der Waals surface area contributed by atoms with Crippen molar-refractivity contribution in [3.8, 4) is 0 Å². The fourth-order valence-electron chi connectivity index (χ4n) is 3.30. The number of carbonyl (C=O) groups is 2. The highest BCUT2D eigenvalue weighted by molar-refractivity contribution is 5.78. The number of aliphatic carboxylic acids is 1. The number of hydrogen-bond donors (Lipinski definition) is 1. The number of carboxylic acids is 1. The molecule has 0 saturated carbocycles. The van der Waals surface area contributed by atoms with Crippen molar-refractivity contribution in [2.24, 2.45) is 11.8 Å². The van der Waals surface area contributed by atoms with E-state index in [2.05, 4.69) is 12.1 Å². The Labute approximate surface area is 124 Å². The first-order chi connectivity index (χ1) is 10.1. The number of benzene rings is 1. The molecular weight excluding hydrogens is 268 g/mol. The lowest BCUT2D eigenvalue weighted by Gasteiger charge is -2.32. The summed E-state index contributed by atoms with van der Waals surface area (Å²) in [5.41, 5.74) is 2.50. The van der Waals surface area contributed by atoms with Crippen molar-refractivity contribution in [1.29, 1.82) is 0 Å². The smallest absolute Gasteiger partial charge is 0.320 e. The summed E-state index contributed by atoms with van der Waals surface area (Å²) in [6, 6.07) is 8.15. The van der Waals surface area contributed by atoms with E-state index in [4.69, 9.17) is 0 Å². The third kappa shape index (κ3) is 2.60. The molecule has 0 spiro atoms. The summed E-state index contributed by atoms with van der Waals surface area (Å²) < 4.78 is 0. The first kappa shape index (κ1) is 13.9. The molecule has 0 bridgehead atoms. The first-order valence-electron chi connectivity index (χ1n) is 7.39. The number of amides is 2. The number of hydrogen-bond acceptors (Lipinski definition) is 2. The Morgan fingerprint density at radius 2 is 1.86 bits per heavy atom. The minimum atomic E-state index is -0.804. The van der Waals surface area contributed by atoms with E-state index in [1.165, 1.54) is 11.1 Å². The van der Waals surface area contributed by atoms with Crippen LogP contribution in [0.15, 0.2) is 24.3 Å². The van der Waals surface area contributed by atoms with E-state index in [0.717, 1.165) is 6.42 Å². The molecule has 1 saturated heterocycles. The molecule has 112 valence electrons. The van der Waals surface area contributed by atoms with Crippen LogP contribution in [0.1, 0.15) is 18.1 Å². The Bertz CT molecular complexity index is 572. The molecule has 0 aliphatic carbocycles. The average Bonchev–Trinajstić information content (AvgIpc) is 2.88. The molecule has 2 aliphatic heterocycles. The molecule has 0 aromatic heterocycles. The summed E-state index contributed by atoms with van der Waals surface area (Å²) in [4.78, 5) is 27.3. The number of carbonyl (C=O) groups excluding carboxylic acids is 1. The number of likely N-dealkylation sites (tertiary alicyclic amines) is 1.